The van der Waals surface area contributed by atoms with Crippen LogP contribution in [0.15, 0.2) is 24.3 Å². The van der Waals surface area contributed by atoms with Gasteiger partial charge in [-0.3, -0.25) is 4.79 Å². The molecule has 0 heterocycles. The largest absolute Gasteiger partial charge is 0.294 e. The van der Waals surface area contributed by atoms with Gasteiger partial charge in [0.05, 0.1) is 0 Å². The summed E-state index contributed by atoms with van der Waals surface area (Å²) in [5, 5.41) is 0. The van der Waals surface area contributed by atoms with Crippen molar-refractivity contribution in [3.63, 3.8) is 0 Å². The highest BCUT2D eigenvalue weighted by Gasteiger charge is 2.06. The second-order valence-corrected chi connectivity index (χ2v) is 4.09. The molecule has 0 radical (unpaired) electrons. The Morgan fingerprint density at radius 1 is 1.20 bits per heavy atom. The minimum atomic E-state index is 0.227. The first kappa shape index (κ1) is 12.0. The van der Waals surface area contributed by atoms with E-state index < -0.39 is 0 Å². The van der Waals surface area contributed by atoms with Crippen LogP contribution in [-0.4, -0.2) is 5.78 Å². The molecule has 0 saturated heterocycles. The second kappa shape index (κ2) is 5.69. The molecule has 1 rings (SSSR count). The van der Waals surface area contributed by atoms with Gasteiger partial charge in [0.2, 0.25) is 0 Å². The Balaban J connectivity index is 2.76. The molecule has 1 aromatic carbocycles. The van der Waals surface area contributed by atoms with Gasteiger partial charge in [-0.15, -0.1) is 0 Å². The van der Waals surface area contributed by atoms with Crippen LogP contribution in [0.4, 0.5) is 0 Å². The molecule has 15 heavy (non-hydrogen) atoms. The number of hydrogen-bond acceptors (Lipinski definition) is 1. The normalized spacial score (nSPS) is 12.5. The van der Waals surface area contributed by atoms with Crippen LogP contribution in [0.25, 0.3) is 0 Å². The maximum atomic E-state index is 11.4. The standard InChI is InChI=1S/C14H20O/c1-4-6-11(3)12-7-9-13(10-8-12)14(15)5-2/h7-11H,4-6H2,1-3H3. The quantitative estimate of drug-likeness (QED) is 0.657. The van der Waals surface area contributed by atoms with Gasteiger partial charge in [0.25, 0.3) is 0 Å². The summed E-state index contributed by atoms with van der Waals surface area (Å²) in [5.74, 6) is 0.825. The van der Waals surface area contributed by atoms with E-state index in [1.807, 2.05) is 19.1 Å². The first-order valence-corrected chi connectivity index (χ1v) is 5.82. The molecule has 0 saturated carbocycles. The number of carbonyl (C=O) groups is 1. The third kappa shape index (κ3) is 3.19. The SMILES string of the molecule is CCCC(C)c1ccc(C(=O)CC)cc1. The number of rotatable bonds is 5. The van der Waals surface area contributed by atoms with E-state index in [0.29, 0.717) is 12.3 Å². The molecule has 0 spiro atoms. The van der Waals surface area contributed by atoms with Gasteiger partial charge in [-0.2, -0.15) is 0 Å². The van der Waals surface area contributed by atoms with Crippen molar-refractivity contribution in [2.75, 3.05) is 0 Å². The van der Waals surface area contributed by atoms with Crippen molar-refractivity contribution >= 4 is 5.78 Å². The first-order chi connectivity index (χ1) is 7.19. The summed E-state index contributed by atoms with van der Waals surface area (Å²) in [7, 11) is 0. The lowest BCUT2D eigenvalue weighted by atomic mass is 9.95. The molecule has 0 amide bonds. The van der Waals surface area contributed by atoms with Crippen LogP contribution in [0, 0.1) is 0 Å². The molecule has 0 aromatic heterocycles. The van der Waals surface area contributed by atoms with Gasteiger partial charge in [-0.1, -0.05) is 51.5 Å². The molecule has 1 unspecified atom stereocenters. The van der Waals surface area contributed by atoms with E-state index in [9.17, 15) is 4.79 Å². The minimum Gasteiger partial charge on any atom is -0.294 e. The number of benzene rings is 1. The van der Waals surface area contributed by atoms with Crippen LogP contribution in [0.1, 0.15) is 61.9 Å². The molecule has 1 atom stereocenters. The molecule has 1 heteroatoms. The minimum absolute atomic E-state index is 0.227. The Labute approximate surface area is 92.5 Å². The third-order valence-corrected chi connectivity index (χ3v) is 2.84. The van der Waals surface area contributed by atoms with E-state index in [-0.39, 0.29) is 5.78 Å². The van der Waals surface area contributed by atoms with Gasteiger partial charge >= 0.3 is 0 Å². The summed E-state index contributed by atoms with van der Waals surface area (Å²) in [6.07, 6.45) is 3.00. The van der Waals surface area contributed by atoms with E-state index in [2.05, 4.69) is 26.0 Å². The number of Topliss-reactive ketones (excluding diaryl/α,β-unsaturated/α-hetero) is 1. The molecule has 82 valence electrons. The highest BCUT2D eigenvalue weighted by atomic mass is 16.1. The average molecular weight is 204 g/mol. The smallest absolute Gasteiger partial charge is 0.162 e. The highest BCUT2D eigenvalue weighted by Crippen LogP contribution is 2.20. The van der Waals surface area contributed by atoms with Crippen molar-refractivity contribution < 1.29 is 4.79 Å². The first-order valence-electron chi connectivity index (χ1n) is 5.82. The van der Waals surface area contributed by atoms with Gasteiger partial charge in [0.15, 0.2) is 5.78 Å². The summed E-state index contributed by atoms with van der Waals surface area (Å²) in [4.78, 5) is 11.4. The van der Waals surface area contributed by atoms with Crippen molar-refractivity contribution in [1.29, 1.82) is 0 Å². The third-order valence-electron chi connectivity index (χ3n) is 2.84. The van der Waals surface area contributed by atoms with Crippen LogP contribution >= 0.6 is 0 Å². The summed E-state index contributed by atoms with van der Waals surface area (Å²) in [6, 6.07) is 8.08. The lowest BCUT2D eigenvalue weighted by molar-refractivity contribution is 0.0988. The molecule has 0 bridgehead atoms. The van der Waals surface area contributed by atoms with E-state index in [1.54, 1.807) is 0 Å². The molecule has 1 nitrogen and oxygen atoms in total. The molecule has 0 fully saturated rings. The van der Waals surface area contributed by atoms with Crippen molar-refractivity contribution in [1.82, 2.24) is 0 Å². The van der Waals surface area contributed by atoms with Crippen LogP contribution in [-0.2, 0) is 0 Å². The molecule has 0 N–H and O–H groups in total. The van der Waals surface area contributed by atoms with Crippen LogP contribution in [0.5, 0.6) is 0 Å². The van der Waals surface area contributed by atoms with Crippen molar-refractivity contribution in [3.8, 4) is 0 Å². The van der Waals surface area contributed by atoms with Gasteiger partial charge in [0, 0.05) is 12.0 Å². The summed E-state index contributed by atoms with van der Waals surface area (Å²) < 4.78 is 0. The fourth-order valence-corrected chi connectivity index (χ4v) is 1.80. The predicted octanol–water partition coefficient (Wildman–Crippen LogP) is 4.18. The van der Waals surface area contributed by atoms with E-state index in [0.717, 1.165) is 5.56 Å². The van der Waals surface area contributed by atoms with E-state index >= 15 is 0 Å². The number of carbonyl (C=O) groups excluding carboxylic acids is 1. The van der Waals surface area contributed by atoms with Gasteiger partial charge in [0.1, 0.15) is 0 Å². The Morgan fingerprint density at radius 2 is 1.80 bits per heavy atom. The zero-order chi connectivity index (χ0) is 11.3. The monoisotopic (exact) mass is 204 g/mol. The summed E-state index contributed by atoms with van der Waals surface area (Å²) >= 11 is 0. The molecule has 0 aliphatic heterocycles. The van der Waals surface area contributed by atoms with Crippen LogP contribution in [0.3, 0.4) is 0 Å². The summed E-state index contributed by atoms with van der Waals surface area (Å²) in [5.41, 5.74) is 2.18. The van der Waals surface area contributed by atoms with Gasteiger partial charge in [-0.25, -0.2) is 0 Å². The Kier molecular flexibility index (Phi) is 4.54. The zero-order valence-corrected chi connectivity index (χ0v) is 9.92. The maximum Gasteiger partial charge on any atom is 0.162 e. The Morgan fingerprint density at radius 3 is 2.27 bits per heavy atom. The van der Waals surface area contributed by atoms with Gasteiger partial charge < -0.3 is 0 Å². The van der Waals surface area contributed by atoms with Crippen molar-refractivity contribution in [2.24, 2.45) is 0 Å². The topological polar surface area (TPSA) is 17.1 Å². The highest BCUT2D eigenvalue weighted by molar-refractivity contribution is 5.95. The second-order valence-electron chi connectivity index (χ2n) is 4.09. The van der Waals surface area contributed by atoms with Crippen molar-refractivity contribution in [2.45, 2.75) is 46.0 Å². The maximum absolute atomic E-state index is 11.4. The van der Waals surface area contributed by atoms with E-state index in [1.165, 1.54) is 18.4 Å². The number of ketones is 1. The lowest BCUT2D eigenvalue weighted by Crippen LogP contribution is -1.98. The molecular weight excluding hydrogens is 184 g/mol. The molecular formula is C14H20O. The fourth-order valence-electron chi connectivity index (χ4n) is 1.80. The van der Waals surface area contributed by atoms with Gasteiger partial charge in [-0.05, 0) is 17.9 Å². The van der Waals surface area contributed by atoms with Crippen molar-refractivity contribution in [3.05, 3.63) is 35.4 Å². The summed E-state index contributed by atoms with van der Waals surface area (Å²) in [6.45, 7) is 6.33. The zero-order valence-electron chi connectivity index (χ0n) is 9.92. The van der Waals surface area contributed by atoms with Crippen LogP contribution in [0.2, 0.25) is 0 Å². The Bertz CT molecular complexity index is 311. The molecule has 0 aliphatic carbocycles. The molecule has 1 aromatic rings. The fraction of sp³-hybridized carbons (Fsp3) is 0.500. The van der Waals surface area contributed by atoms with Crippen LogP contribution < -0.4 is 0 Å². The molecule has 0 aliphatic rings. The predicted molar refractivity (Wildman–Crippen MR) is 64.4 cm³/mol. The average Bonchev–Trinajstić information content (AvgIpc) is 2.28. The number of hydrogen-bond donors (Lipinski definition) is 0. The van der Waals surface area contributed by atoms with E-state index in [4.69, 9.17) is 0 Å². The Hall–Kier alpha value is -1.11. The lowest BCUT2D eigenvalue weighted by Gasteiger charge is -2.10.